The number of sulfonamides is 1. The normalized spacial score (nSPS) is 12.3. The highest BCUT2D eigenvalue weighted by Gasteiger charge is 2.31. The summed E-state index contributed by atoms with van der Waals surface area (Å²) in [6, 6.07) is 13.9. The van der Waals surface area contributed by atoms with Crippen molar-refractivity contribution < 1.29 is 17.9 Å². The summed E-state index contributed by atoms with van der Waals surface area (Å²) in [7, 11) is -3.64. The van der Waals surface area contributed by atoms with Crippen molar-refractivity contribution in [1.82, 2.24) is 5.32 Å². The van der Waals surface area contributed by atoms with Gasteiger partial charge in [0.1, 0.15) is 18.4 Å². The lowest BCUT2D eigenvalue weighted by atomic mass is 10.1. The molecule has 2 aromatic rings. The van der Waals surface area contributed by atoms with Crippen molar-refractivity contribution in [2.75, 3.05) is 23.7 Å². The molecular formula is C21H28N2O4S. The van der Waals surface area contributed by atoms with Crippen molar-refractivity contribution in [2.24, 2.45) is 0 Å². The summed E-state index contributed by atoms with van der Waals surface area (Å²) < 4.78 is 31.7. The zero-order valence-electron chi connectivity index (χ0n) is 16.8. The number of ether oxygens (including phenoxy) is 1. The Morgan fingerprint density at radius 3 is 2.36 bits per heavy atom. The van der Waals surface area contributed by atoms with Gasteiger partial charge in [-0.2, -0.15) is 0 Å². The van der Waals surface area contributed by atoms with E-state index in [1.807, 2.05) is 50.2 Å². The van der Waals surface area contributed by atoms with E-state index in [0.29, 0.717) is 18.7 Å². The van der Waals surface area contributed by atoms with Gasteiger partial charge in [-0.3, -0.25) is 9.10 Å². The van der Waals surface area contributed by atoms with Crippen LogP contribution >= 0.6 is 0 Å². The van der Waals surface area contributed by atoms with Crippen LogP contribution in [0.25, 0.3) is 0 Å². The molecule has 0 saturated heterocycles. The predicted octanol–water partition coefficient (Wildman–Crippen LogP) is 3.04. The molecular weight excluding hydrogens is 376 g/mol. The third-order valence-electron chi connectivity index (χ3n) is 4.49. The van der Waals surface area contributed by atoms with Gasteiger partial charge in [-0.05, 0) is 55.7 Å². The predicted molar refractivity (Wildman–Crippen MR) is 112 cm³/mol. The molecule has 0 saturated carbocycles. The van der Waals surface area contributed by atoms with E-state index >= 15 is 0 Å². The number of hydrogen-bond acceptors (Lipinski definition) is 4. The molecule has 2 rings (SSSR count). The highest BCUT2D eigenvalue weighted by Crippen LogP contribution is 2.25. The summed E-state index contributed by atoms with van der Waals surface area (Å²) in [5.74, 6) is 0.375. The monoisotopic (exact) mass is 404 g/mol. The largest absolute Gasteiger partial charge is 0.492 e. The fourth-order valence-corrected chi connectivity index (χ4v) is 4.10. The number of nitrogens with one attached hydrogen (secondary N) is 1. The average molecular weight is 405 g/mol. The Morgan fingerprint density at radius 1 is 1.11 bits per heavy atom. The van der Waals surface area contributed by atoms with Crippen molar-refractivity contribution in [3.63, 3.8) is 0 Å². The maximum Gasteiger partial charge on any atom is 0.244 e. The number of benzene rings is 2. The first kappa shape index (κ1) is 21.8. The second-order valence-electron chi connectivity index (χ2n) is 6.70. The molecule has 0 fully saturated rings. The van der Waals surface area contributed by atoms with E-state index in [0.717, 1.165) is 23.1 Å². The number of amides is 1. The van der Waals surface area contributed by atoms with Crippen LogP contribution in [0, 0.1) is 13.8 Å². The lowest BCUT2D eigenvalue weighted by Crippen LogP contribution is -2.50. The molecule has 0 heterocycles. The third kappa shape index (κ3) is 5.73. The molecule has 1 atom stereocenters. The number of para-hydroxylation sites is 1. The molecule has 0 aromatic heterocycles. The van der Waals surface area contributed by atoms with Crippen molar-refractivity contribution >= 4 is 21.6 Å². The Labute approximate surface area is 167 Å². The van der Waals surface area contributed by atoms with Gasteiger partial charge in [-0.25, -0.2) is 8.42 Å². The molecule has 0 aliphatic rings. The van der Waals surface area contributed by atoms with Gasteiger partial charge in [0.25, 0.3) is 0 Å². The lowest BCUT2D eigenvalue weighted by molar-refractivity contribution is -0.122. The van der Waals surface area contributed by atoms with Gasteiger partial charge in [-0.15, -0.1) is 0 Å². The molecule has 0 bridgehead atoms. The topological polar surface area (TPSA) is 75.7 Å². The highest BCUT2D eigenvalue weighted by atomic mass is 32.2. The standard InChI is InChI=1S/C21H28N2O4S/c1-5-20(21(24)22-13-14-27-19-9-7-6-8-10-19)23(28(4,25)26)18-12-11-16(2)17(3)15-18/h6-12,15,20H,5,13-14H2,1-4H3,(H,22,24)/t20-/m0/s1. The van der Waals surface area contributed by atoms with Gasteiger partial charge < -0.3 is 10.1 Å². The summed E-state index contributed by atoms with van der Waals surface area (Å²) >= 11 is 0. The van der Waals surface area contributed by atoms with E-state index < -0.39 is 16.1 Å². The Hall–Kier alpha value is -2.54. The molecule has 7 heteroatoms. The Kier molecular flexibility index (Phi) is 7.45. The van der Waals surface area contributed by atoms with E-state index in [1.54, 1.807) is 19.1 Å². The highest BCUT2D eigenvalue weighted by molar-refractivity contribution is 7.92. The van der Waals surface area contributed by atoms with E-state index in [-0.39, 0.29) is 12.5 Å². The molecule has 2 aromatic carbocycles. The van der Waals surface area contributed by atoms with Crippen LogP contribution in [0.2, 0.25) is 0 Å². The number of anilines is 1. The van der Waals surface area contributed by atoms with Crippen LogP contribution in [0.3, 0.4) is 0 Å². The molecule has 0 radical (unpaired) electrons. The zero-order chi connectivity index (χ0) is 20.7. The second kappa shape index (κ2) is 9.59. The maximum atomic E-state index is 12.7. The van der Waals surface area contributed by atoms with Crippen LogP contribution in [0.5, 0.6) is 5.75 Å². The number of aryl methyl sites for hydroxylation is 2. The number of rotatable bonds is 9. The molecule has 152 valence electrons. The Morgan fingerprint density at radius 2 is 1.79 bits per heavy atom. The molecule has 0 aliphatic heterocycles. The lowest BCUT2D eigenvalue weighted by Gasteiger charge is -2.30. The van der Waals surface area contributed by atoms with E-state index in [4.69, 9.17) is 4.74 Å². The molecule has 1 amide bonds. The molecule has 6 nitrogen and oxygen atoms in total. The van der Waals surface area contributed by atoms with E-state index in [1.165, 1.54) is 4.31 Å². The Balaban J connectivity index is 2.09. The smallest absolute Gasteiger partial charge is 0.244 e. The van der Waals surface area contributed by atoms with Crippen LogP contribution < -0.4 is 14.4 Å². The molecule has 0 aliphatic carbocycles. The van der Waals surface area contributed by atoms with Gasteiger partial charge in [0.05, 0.1) is 18.5 Å². The summed E-state index contributed by atoms with van der Waals surface area (Å²) in [5, 5.41) is 2.78. The third-order valence-corrected chi connectivity index (χ3v) is 5.67. The number of carbonyl (C=O) groups is 1. The zero-order valence-corrected chi connectivity index (χ0v) is 17.6. The van der Waals surface area contributed by atoms with Crippen LogP contribution in [-0.4, -0.2) is 39.8 Å². The van der Waals surface area contributed by atoms with Crippen molar-refractivity contribution in [3.05, 3.63) is 59.7 Å². The van der Waals surface area contributed by atoms with Crippen molar-refractivity contribution in [3.8, 4) is 5.75 Å². The van der Waals surface area contributed by atoms with E-state index in [9.17, 15) is 13.2 Å². The van der Waals surface area contributed by atoms with Crippen molar-refractivity contribution in [2.45, 2.75) is 33.2 Å². The van der Waals surface area contributed by atoms with Crippen LogP contribution in [0.1, 0.15) is 24.5 Å². The minimum atomic E-state index is -3.64. The first-order chi connectivity index (χ1) is 13.2. The van der Waals surface area contributed by atoms with Gasteiger partial charge >= 0.3 is 0 Å². The number of carbonyl (C=O) groups excluding carboxylic acids is 1. The maximum absolute atomic E-state index is 12.7. The van der Waals surface area contributed by atoms with Crippen molar-refractivity contribution in [1.29, 1.82) is 0 Å². The molecule has 1 N–H and O–H groups in total. The first-order valence-corrected chi connectivity index (χ1v) is 11.1. The minimum absolute atomic E-state index is 0.286. The van der Waals surface area contributed by atoms with Crippen LogP contribution in [-0.2, 0) is 14.8 Å². The molecule has 0 spiro atoms. The summed E-state index contributed by atoms with van der Waals surface area (Å²) in [4.78, 5) is 12.7. The van der Waals surface area contributed by atoms with Crippen LogP contribution in [0.4, 0.5) is 5.69 Å². The second-order valence-corrected chi connectivity index (χ2v) is 8.56. The van der Waals surface area contributed by atoms with Gasteiger partial charge in [-0.1, -0.05) is 31.2 Å². The Bertz CT molecular complexity index is 898. The fourth-order valence-electron chi connectivity index (χ4n) is 2.90. The number of nitrogens with zero attached hydrogens (tertiary/aromatic N) is 1. The summed E-state index contributed by atoms with van der Waals surface area (Å²) in [6.07, 6.45) is 1.47. The van der Waals surface area contributed by atoms with Gasteiger partial charge in [0, 0.05) is 0 Å². The van der Waals surface area contributed by atoms with Gasteiger partial charge in [0.15, 0.2) is 0 Å². The summed E-state index contributed by atoms with van der Waals surface area (Å²) in [5.41, 5.74) is 2.53. The van der Waals surface area contributed by atoms with Gasteiger partial charge in [0.2, 0.25) is 15.9 Å². The van der Waals surface area contributed by atoms with Crippen LogP contribution in [0.15, 0.2) is 48.5 Å². The first-order valence-electron chi connectivity index (χ1n) is 9.26. The SMILES string of the molecule is CC[C@@H](C(=O)NCCOc1ccccc1)N(c1ccc(C)c(C)c1)S(C)(=O)=O. The number of hydrogen-bond donors (Lipinski definition) is 1. The quantitative estimate of drug-likeness (QED) is 0.652. The molecule has 0 unspecified atom stereocenters. The summed E-state index contributed by atoms with van der Waals surface area (Å²) in [6.45, 7) is 6.26. The fraction of sp³-hybridized carbons (Fsp3) is 0.381. The van der Waals surface area contributed by atoms with E-state index in [2.05, 4.69) is 5.32 Å². The minimum Gasteiger partial charge on any atom is -0.492 e. The average Bonchev–Trinajstić information content (AvgIpc) is 2.65. The molecule has 28 heavy (non-hydrogen) atoms.